The molecule has 2 aromatic rings. The van der Waals surface area contributed by atoms with E-state index in [-0.39, 0.29) is 35.5 Å². The average Bonchev–Trinajstić information content (AvgIpc) is 3.04. The number of nitrogens with zero attached hydrogens (tertiary/aromatic N) is 3. The molecule has 2 heterocycles. The maximum absolute atomic E-state index is 13.5. The molecule has 8 heteroatoms. The number of amides is 1. The van der Waals surface area contributed by atoms with Gasteiger partial charge < -0.3 is 20.5 Å². The second-order valence-corrected chi connectivity index (χ2v) is 9.85. The number of hydrogen-bond donors (Lipinski definition) is 2. The van der Waals surface area contributed by atoms with Crippen LogP contribution in [0.15, 0.2) is 48.1 Å². The minimum atomic E-state index is -0.712. The van der Waals surface area contributed by atoms with Crippen LogP contribution in [0.1, 0.15) is 72.6 Å². The molecule has 36 heavy (non-hydrogen) atoms. The van der Waals surface area contributed by atoms with Crippen LogP contribution in [0.2, 0.25) is 0 Å². The van der Waals surface area contributed by atoms with Crippen molar-refractivity contribution < 1.29 is 19.4 Å². The van der Waals surface area contributed by atoms with Gasteiger partial charge in [0.25, 0.3) is 5.91 Å². The van der Waals surface area contributed by atoms with Crippen molar-refractivity contribution in [3.05, 3.63) is 65.0 Å². The molecule has 1 aromatic carbocycles. The summed E-state index contributed by atoms with van der Waals surface area (Å²) < 4.78 is 5.86. The number of carbonyl (C=O) groups is 2. The average molecular weight is 489 g/mol. The molecule has 188 valence electrons. The van der Waals surface area contributed by atoms with Crippen LogP contribution in [0.5, 0.6) is 5.88 Å². The molecule has 0 spiro atoms. The number of benzene rings is 1. The highest BCUT2D eigenvalue weighted by Gasteiger charge is 2.30. The predicted molar refractivity (Wildman–Crippen MR) is 137 cm³/mol. The number of ether oxygens (including phenoxy) is 1. The summed E-state index contributed by atoms with van der Waals surface area (Å²) in [5.74, 6) is 0.665. The first-order valence-electron chi connectivity index (χ1n) is 12.8. The number of nitrogen functional groups attached to an aromatic ring is 1. The molecule has 0 unspecified atom stereocenters. The highest BCUT2D eigenvalue weighted by atomic mass is 16.5. The van der Waals surface area contributed by atoms with Crippen molar-refractivity contribution in [2.24, 2.45) is 5.92 Å². The number of carboxylic acids is 1. The Morgan fingerprint density at radius 2 is 1.89 bits per heavy atom. The van der Waals surface area contributed by atoms with Crippen LogP contribution in [-0.2, 0) is 11.2 Å². The molecule has 1 aromatic heterocycles. The summed E-state index contributed by atoms with van der Waals surface area (Å²) >= 11 is 0. The van der Waals surface area contributed by atoms with E-state index in [1.54, 1.807) is 4.90 Å². The van der Waals surface area contributed by atoms with E-state index in [9.17, 15) is 9.59 Å². The summed E-state index contributed by atoms with van der Waals surface area (Å²) in [4.78, 5) is 35.1. The van der Waals surface area contributed by atoms with Crippen molar-refractivity contribution in [3.63, 3.8) is 0 Å². The van der Waals surface area contributed by atoms with Crippen molar-refractivity contribution >= 4 is 23.4 Å². The van der Waals surface area contributed by atoms with E-state index in [1.807, 2.05) is 12.1 Å². The monoisotopic (exact) mass is 488 g/mol. The number of aliphatic carboxylic acids is 1. The van der Waals surface area contributed by atoms with Gasteiger partial charge in [0.15, 0.2) is 0 Å². The number of anilines is 2. The van der Waals surface area contributed by atoms with Crippen molar-refractivity contribution in [1.82, 2.24) is 9.97 Å². The standard InChI is InChI=1S/C28H32N4O4/c29-26-25-27(31-23(30-26)16-18-4-2-1-3-5-18)36-15-14-32(28(25)35)22-12-10-21(11-13-22)20-8-6-19(7-9-20)17-24(33)34/h2,4-5,10-13,19-20H,1,3,6-9,14-17H2,(H,33,34)(H2,29,30,31). The molecule has 5 rings (SSSR count). The zero-order valence-electron chi connectivity index (χ0n) is 20.4. The summed E-state index contributed by atoms with van der Waals surface area (Å²) in [7, 11) is 0. The van der Waals surface area contributed by atoms with Gasteiger partial charge in [0, 0.05) is 18.5 Å². The third-order valence-electron chi connectivity index (χ3n) is 7.38. The number of rotatable bonds is 6. The van der Waals surface area contributed by atoms with Crippen LogP contribution in [-0.4, -0.2) is 40.1 Å². The number of carboxylic acid groups (broad SMARTS) is 1. The van der Waals surface area contributed by atoms with E-state index in [0.717, 1.165) is 49.8 Å². The lowest BCUT2D eigenvalue weighted by Gasteiger charge is -2.28. The van der Waals surface area contributed by atoms with Gasteiger partial charge in [-0.05, 0) is 73.6 Å². The Morgan fingerprint density at radius 1 is 1.11 bits per heavy atom. The van der Waals surface area contributed by atoms with E-state index in [2.05, 4.69) is 40.3 Å². The largest absolute Gasteiger partial charge is 0.481 e. The Labute approximate surface area is 210 Å². The fourth-order valence-electron chi connectivity index (χ4n) is 5.46. The van der Waals surface area contributed by atoms with E-state index < -0.39 is 5.97 Å². The summed E-state index contributed by atoms with van der Waals surface area (Å²) in [6.45, 7) is 0.698. The van der Waals surface area contributed by atoms with E-state index >= 15 is 0 Å². The molecule has 0 bridgehead atoms. The van der Waals surface area contributed by atoms with Gasteiger partial charge in [-0.15, -0.1) is 0 Å². The van der Waals surface area contributed by atoms with Crippen LogP contribution < -0.4 is 15.4 Å². The van der Waals surface area contributed by atoms with Crippen LogP contribution >= 0.6 is 0 Å². The van der Waals surface area contributed by atoms with Crippen molar-refractivity contribution in [1.29, 1.82) is 0 Å². The Balaban J connectivity index is 1.30. The Hall–Kier alpha value is -3.68. The van der Waals surface area contributed by atoms with Gasteiger partial charge in [0.05, 0.1) is 6.54 Å². The van der Waals surface area contributed by atoms with E-state index in [0.29, 0.717) is 31.3 Å². The molecule has 0 radical (unpaired) electrons. The number of allylic oxidation sites excluding steroid dienone is 4. The first kappa shape index (κ1) is 24.0. The fraction of sp³-hybridized carbons (Fsp3) is 0.429. The summed E-state index contributed by atoms with van der Waals surface area (Å²) in [6, 6.07) is 8.08. The molecular weight excluding hydrogens is 456 g/mol. The molecule has 0 saturated heterocycles. The molecule has 1 saturated carbocycles. The second kappa shape index (κ2) is 10.5. The molecular formula is C28H32N4O4. The number of aromatic nitrogens is 2. The summed E-state index contributed by atoms with van der Waals surface area (Å²) in [5.41, 5.74) is 9.61. The number of nitrogens with two attached hydrogens (primary N) is 1. The molecule has 2 aliphatic carbocycles. The van der Waals surface area contributed by atoms with Crippen LogP contribution in [0.25, 0.3) is 0 Å². The van der Waals surface area contributed by atoms with Crippen LogP contribution in [0, 0.1) is 5.92 Å². The zero-order chi connectivity index (χ0) is 25.1. The first-order valence-corrected chi connectivity index (χ1v) is 12.8. The van der Waals surface area contributed by atoms with Crippen molar-refractivity contribution in [2.45, 2.75) is 57.3 Å². The van der Waals surface area contributed by atoms with Gasteiger partial charge in [-0.3, -0.25) is 9.59 Å². The molecule has 1 fully saturated rings. The minimum Gasteiger partial charge on any atom is -0.481 e. The van der Waals surface area contributed by atoms with E-state index in [1.165, 1.54) is 5.56 Å². The van der Waals surface area contributed by atoms with Gasteiger partial charge in [-0.1, -0.05) is 30.4 Å². The predicted octanol–water partition coefficient (Wildman–Crippen LogP) is 4.67. The smallest absolute Gasteiger partial charge is 0.303 e. The number of carbonyl (C=O) groups excluding carboxylic acids is 1. The highest BCUT2D eigenvalue weighted by Crippen LogP contribution is 2.38. The molecule has 3 N–H and O–H groups in total. The number of fused-ring (bicyclic) bond motifs is 1. The maximum Gasteiger partial charge on any atom is 0.303 e. The van der Waals surface area contributed by atoms with Gasteiger partial charge >= 0.3 is 5.97 Å². The van der Waals surface area contributed by atoms with E-state index in [4.69, 9.17) is 15.6 Å². The van der Waals surface area contributed by atoms with Crippen molar-refractivity contribution in [3.8, 4) is 5.88 Å². The first-order chi connectivity index (χ1) is 17.5. The van der Waals surface area contributed by atoms with Gasteiger partial charge in [-0.2, -0.15) is 4.98 Å². The Bertz CT molecular complexity index is 1200. The zero-order valence-corrected chi connectivity index (χ0v) is 20.4. The third kappa shape index (κ3) is 5.27. The highest BCUT2D eigenvalue weighted by molar-refractivity contribution is 6.10. The Morgan fingerprint density at radius 3 is 2.58 bits per heavy atom. The van der Waals surface area contributed by atoms with Crippen LogP contribution in [0.4, 0.5) is 11.5 Å². The number of hydrogen-bond acceptors (Lipinski definition) is 6. The summed E-state index contributed by atoms with van der Waals surface area (Å²) in [5, 5.41) is 9.04. The van der Waals surface area contributed by atoms with Crippen molar-refractivity contribution in [2.75, 3.05) is 23.8 Å². The molecule has 0 atom stereocenters. The molecule has 3 aliphatic rings. The lowest BCUT2D eigenvalue weighted by Crippen LogP contribution is -2.32. The quantitative estimate of drug-likeness (QED) is 0.607. The minimum absolute atomic E-state index is 0.141. The molecule has 1 aliphatic heterocycles. The van der Waals surface area contributed by atoms with Crippen LogP contribution in [0.3, 0.4) is 0 Å². The summed E-state index contributed by atoms with van der Waals surface area (Å²) in [6.07, 6.45) is 13.1. The SMILES string of the molecule is Nc1nc(CC2=CCCC=C2)nc2c1C(=O)N(c1ccc(C3CCC(CC(=O)O)CC3)cc1)CCO2. The molecule has 8 nitrogen and oxygen atoms in total. The Kier molecular flexibility index (Phi) is 7.02. The normalized spacial score (nSPS) is 21.8. The topological polar surface area (TPSA) is 119 Å². The second-order valence-electron chi connectivity index (χ2n) is 9.85. The lowest BCUT2D eigenvalue weighted by atomic mass is 9.77. The van der Waals surface area contributed by atoms with Gasteiger partial charge in [0.1, 0.15) is 23.8 Å². The lowest BCUT2D eigenvalue weighted by molar-refractivity contribution is -0.138. The van der Waals surface area contributed by atoms with Gasteiger partial charge in [0.2, 0.25) is 5.88 Å². The van der Waals surface area contributed by atoms with Gasteiger partial charge in [-0.25, -0.2) is 4.98 Å². The maximum atomic E-state index is 13.5. The third-order valence-corrected chi connectivity index (χ3v) is 7.38. The fourth-order valence-corrected chi connectivity index (χ4v) is 5.46. The molecule has 1 amide bonds.